The standard InChI is InChI=1S/C25H35NO2/c1-2-10-21-13-6-7-14-22(21)17-25(28,23-15-8-9-16-23)24(27)19-26-18-20-11-4-3-5-12-20/h3-7,11-14,23-24,26-28H,2,8-10,15-19H2,1H3. The molecule has 2 aromatic carbocycles. The highest BCUT2D eigenvalue weighted by Gasteiger charge is 2.44. The molecule has 3 nitrogen and oxygen atoms in total. The normalized spacial score (nSPS) is 18.1. The molecule has 3 heteroatoms. The van der Waals surface area contributed by atoms with E-state index in [0.717, 1.165) is 38.5 Å². The zero-order valence-corrected chi connectivity index (χ0v) is 17.1. The van der Waals surface area contributed by atoms with E-state index in [0.29, 0.717) is 19.5 Å². The van der Waals surface area contributed by atoms with Gasteiger partial charge in [0, 0.05) is 19.5 Å². The monoisotopic (exact) mass is 381 g/mol. The van der Waals surface area contributed by atoms with E-state index in [-0.39, 0.29) is 5.92 Å². The van der Waals surface area contributed by atoms with Crippen LogP contribution in [-0.2, 0) is 19.4 Å². The van der Waals surface area contributed by atoms with Gasteiger partial charge in [-0.15, -0.1) is 0 Å². The van der Waals surface area contributed by atoms with Crippen LogP contribution in [0.1, 0.15) is 55.7 Å². The molecule has 0 amide bonds. The highest BCUT2D eigenvalue weighted by Crippen LogP contribution is 2.39. The van der Waals surface area contributed by atoms with Crippen molar-refractivity contribution in [3.05, 3.63) is 71.3 Å². The third kappa shape index (κ3) is 5.22. The molecule has 28 heavy (non-hydrogen) atoms. The number of hydrogen-bond donors (Lipinski definition) is 3. The van der Waals surface area contributed by atoms with Crippen LogP contribution >= 0.6 is 0 Å². The van der Waals surface area contributed by atoms with E-state index >= 15 is 0 Å². The summed E-state index contributed by atoms with van der Waals surface area (Å²) >= 11 is 0. The molecule has 1 saturated carbocycles. The average Bonchev–Trinajstić information content (AvgIpc) is 3.26. The fourth-order valence-corrected chi connectivity index (χ4v) is 4.63. The molecule has 1 aliphatic carbocycles. The SMILES string of the molecule is CCCc1ccccc1CC(O)(C(O)CNCc1ccccc1)C1CCCC1. The van der Waals surface area contributed by atoms with Gasteiger partial charge in [-0.3, -0.25) is 0 Å². The number of rotatable bonds is 10. The van der Waals surface area contributed by atoms with E-state index < -0.39 is 11.7 Å². The molecule has 3 N–H and O–H groups in total. The molecule has 2 unspecified atom stereocenters. The maximum absolute atomic E-state index is 11.7. The Balaban J connectivity index is 1.72. The van der Waals surface area contributed by atoms with Crippen LogP contribution in [0, 0.1) is 5.92 Å². The average molecular weight is 382 g/mol. The van der Waals surface area contributed by atoms with E-state index in [4.69, 9.17) is 0 Å². The lowest BCUT2D eigenvalue weighted by molar-refractivity contribution is -0.111. The molecule has 152 valence electrons. The molecule has 0 spiro atoms. The van der Waals surface area contributed by atoms with Crippen molar-refractivity contribution in [2.75, 3.05) is 6.54 Å². The fourth-order valence-electron chi connectivity index (χ4n) is 4.63. The van der Waals surface area contributed by atoms with Crippen molar-refractivity contribution in [1.29, 1.82) is 0 Å². The number of aryl methyl sites for hydroxylation is 1. The lowest BCUT2D eigenvalue weighted by Gasteiger charge is -2.39. The topological polar surface area (TPSA) is 52.5 Å². The molecule has 0 saturated heterocycles. The van der Waals surface area contributed by atoms with Gasteiger partial charge in [0.05, 0.1) is 11.7 Å². The summed E-state index contributed by atoms with van der Waals surface area (Å²) in [5.41, 5.74) is 2.59. The van der Waals surface area contributed by atoms with Crippen LogP contribution in [0.5, 0.6) is 0 Å². The van der Waals surface area contributed by atoms with E-state index in [1.165, 1.54) is 16.7 Å². The quantitative estimate of drug-likeness (QED) is 0.577. The van der Waals surface area contributed by atoms with Gasteiger partial charge in [-0.1, -0.05) is 80.8 Å². The second kappa shape index (κ2) is 10.2. The van der Waals surface area contributed by atoms with Gasteiger partial charge in [0.25, 0.3) is 0 Å². The molecule has 2 aromatic rings. The Morgan fingerprint density at radius 3 is 2.32 bits per heavy atom. The third-order valence-corrected chi connectivity index (χ3v) is 6.26. The second-order valence-electron chi connectivity index (χ2n) is 8.30. The molecule has 1 aliphatic rings. The summed E-state index contributed by atoms with van der Waals surface area (Å²) in [6, 6.07) is 18.6. The number of nitrogens with one attached hydrogen (secondary N) is 1. The highest BCUT2D eigenvalue weighted by molar-refractivity contribution is 5.29. The first-order valence-corrected chi connectivity index (χ1v) is 10.9. The Kier molecular flexibility index (Phi) is 7.66. The van der Waals surface area contributed by atoms with Crippen LogP contribution in [0.2, 0.25) is 0 Å². The Bertz CT molecular complexity index is 711. The van der Waals surface area contributed by atoms with Crippen molar-refractivity contribution in [1.82, 2.24) is 5.32 Å². The number of benzene rings is 2. The van der Waals surface area contributed by atoms with Crippen LogP contribution in [0.15, 0.2) is 54.6 Å². The van der Waals surface area contributed by atoms with Gasteiger partial charge < -0.3 is 15.5 Å². The summed E-state index contributed by atoms with van der Waals surface area (Å²) in [5, 5.41) is 26.2. The van der Waals surface area contributed by atoms with E-state index in [1.54, 1.807) is 0 Å². The number of aliphatic hydroxyl groups is 2. The smallest absolute Gasteiger partial charge is 0.0986 e. The van der Waals surface area contributed by atoms with E-state index in [2.05, 4.69) is 42.6 Å². The fraction of sp³-hybridized carbons (Fsp3) is 0.520. The lowest BCUT2D eigenvalue weighted by atomic mass is 9.76. The molecule has 0 aliphatic heterocycles. The summed E-state index contributed by atoms with van der Waals surface area (Å²) < 4.78 is 0. The first-order valence-electron chi connectivity index (χ1n) is 10.9. The minimum atomic E-state index is -1.08. The Morgan fingerprint density at radius 1 is 1.00 bits per heavy atom. The van der Waals surface area contributed by atoms with E-state index in [1.807, 2.05) is 24.3 Å². The van der Waals surface area contributed by atoms with Gasteiger partial charge in [0.2, 0.25) is 0 Å². The van der Waals surface area contributed by atoms with Crippen molar-refractivity contribution < 1.29 is 10.2 Å². The molecule has 1 fully saturated rings. The highest BCUT2D eigenvalue weighted by atomic mass is 16.3. The molecule has 2 atom stereocenters. The Morgan fingerprint density at radius 2 is 1.64 bits per heavy atom. The van der Waals surface area contributed by atoms with E-state index in [9.17, 15) is 10.2 Å². The summed E-state index contributed by atoms with van der Waals surface area (Å²) in [7, 11) is 0. The maximum atomic E-state index is 11.7. The summed E-state index contributed by atoms with van der Waals surface area (Å²) in [6.07, 6.45) is 6.14. The minimum Gasteiger partial charge on any atom is -0.389 e. The summed E-state index contributed by atoms with van der Waals surface area (Å²) in [4.78, 5) is 0. The number of aliphatic hydroxyl groups excluding tert-OH is 1. The first-order chi connectivity index (χ1) is 13.6. The Labute approximate surface area is 169 Å². The first kappa shape index (κ1) is 21.0. The molecule has 3 rings (SSSR count). The minimum absolute atomic E-state index is 0.163. The van der Waals surface area contributed by atoms with Gasteiger partial charge in [-0.05, 0) is 41.9 Å². The second-order valence-corrected chi connectivity index (χ2v) is 8.30. The van der Waals surface area contributed by atoms with Crippen LogP contribution in [0.3, 0.4) is 0 Å². The lowest BCUT2D eigenvalue weighted by Crippen LogP contribution is -2.53. The largest absolute Gasteiger partial charge is 0.389 e. The Hall–Kier alpha value is -1.68. The van der Waals surface area contributed by atoms with Gasteiger partial charge in [0.15, 0.2) is 0 Å². The molecular formula is C25H35NO2. The maximum Gasteiger partial charge on any atom is 0.0986 e. The van der Waals surface area contributed by atoms with Crippen LogP contribution in [0.25, 0.3) is 0 Å². The third-order valence-electron chi connectivity index (χ3n) is 6.26. The summed E-state index contributed by atoms with van der Waals surface area (Å²) in [5.74, 6) is 0.163. The van der Waals surface area contributed by atoms with Crippen LogP contribution < -0.4 is 5.32 Å². The molecule has 0 bridgehead atoms. The van der Waals surface area contributed by atoms with Crippen molar-refractivity contribution in [3.63, 3.8) is 0 Å². The van der Waals surface area contributed by atoms with Gasteiger partial charge >= 0.3 is 0 Å². The molecule has 0 radical (unpaired) electrons. The van der Waals surface area contributed by atoms with Crippen LogP contribution in [-0.4, -0.2) is 28.5 Å². The van der Waals surface area contributed by atoms with Crippen LogP contribution in [0.4, 0.5) is 0 Å². The molecule has 0 heterocycles. The van der Waals surface area contributed by atoms with Crippen molar-refractivity contribution in [3.8, 4) is 0 Å². The molecular weight excluding hydrogens is 346 g/mol. The molecule has 0 aromatic heterocycles. The zero-order valence-electron chi connectivity index (χ0n) is 17.1. The summed E-state index contributed by atoms with van der Waals surface area (Å²) in [6.45, 7) is 3.28. The predicted molar refractivity (Wildman–Crippen MR) is 115 cm³/mol. The van der Waals surface area contributed by atoms with Gasteiger partial charge in [0.1, 0.15) is 0 Å². The predicted octanol–water partition coefficient (Wildman–Crippen LogP) is 4.25. The van der Waals surface area contributed by atoms with Gasteiger partial charge in [-0.25, -0.2) is 0 Å². The van der Waals surface area contributed by atoms with Crippen molar-refractivity contribution in [2.24, 2.45) is 5.92 Å². The van der Waals surface area contributed by atoms with Crippen molar-refractivity contribution in [2.45, 2.75) is 70.1 Å². The van der Waals surface area contributed by atoms with Gasteiger partial charge in [-0.2, -0.15) is 0 Å². The zero-order chi connectivity index (χ0) is 19.8. The van der Waals surface area contributed by atoms with Crippen molar-refractivity contribution >= 4 is 0 Å². The number of hydrogen-bond acceptors (Lipinski definition) is 3.